The van der Waals surface area contributed by atoms with E-state index in [1.807, 2.05) is 6.07 Å². The van der Waals surface area contributed by atoms with Crippen LogP contribution in [0.25, 0.3) is 0 Å². The van der Waals surface area contributed by atoms with Crippen molar-refractivity contribution in [2.45, 2.75) is 12.5 Å². The Bertz CT molecular complexity index is 358. The molecule has 0 amide bonds. The predicted octanol–water partition coefficient (Wildman–Crippen LogP) is 0.450. The number of nitriles is 1. The van der Waals surface area contributed by atoms with Gasteiger partial charge in [0.05, 0.1) is 25.1 Å². The number of phenols is 1. The molecule has 1 rings (SSSR count). The van der Waals surface area contributed by atoms with Gasteiger partial charge in [-0.1, -0.05) is 6.07 Å². The number of phenolic OH excluding ortho intramolecular Hbond substituents is 1. The normalized spacial score (nSPS) is 12.1. The minimum atomic E-state index is -0.603. The van der Waals surface area contributed by atoms with Crippen LogP contribution < -0.4 is 5.73 Å². The summed E-state index contributed by atoms with van der Waals surface area (Å²) in [5.41, 5.74) is 6.82. The first-order chi connectivity index (χ1) is 6.69. The van der Waals surface area contributed by atoms with Crippen LogP contribution in [0.3, 0.4) is 0 Å². The van der Waals surface area contributed by atoms with Crippen LogP contribution in [0.2, 0.25) is 0 Å². The number of benzene rings is 1. The monoisotopic (exact) mass is 192 g/mol. The molecule has 0 saturated heterocycles. The first kappa shape index (κ1) is 10.5. The van der Waals surface area contributed by atoms with Crippen molar-refractivity contribution >= 4 is 0 Å². The summed E-state index contributed by atoms with van der Waals surface area (Å²) in [5.74, 6) is 0.0493. The molecule has 0 fully saturated rings. The van der Waals surface area contributed by atoms with Crippen LogP contribution in [0.5, 0.6) is 5.75 Å². The Labute approximate surface area is 82.2 Å². The predicted molar refractivity (Wildman–Crippen MR) is 51.4 cm³/mol. The third-order valence-electron chi connectivity index (χ3n) is 1.97. The summed E-state index contributed by atoms with van der Waals surface area (Å²) >= 11 is 0. The quantitative estimate of drug-likeness (QED) is 0.648. The van der Waals surface area contributed by atoms with E-state index in [4.69, 9.17) is 16.1 Å². The largest absolute Gasteiger partial charge is 0.508 e. The van der Waals surface area contributed by atoms with Crippen LogP contribution in [-0.4, -0.2) is 16.8 Å². The first-order valence-electron chi connectivity index (χ1n) is 4.24. The van der Waals surface area contributed by atoms with E-state index in [1.165, 1.54) is 6.07 Å². The molecule has 0 aliphatic heterocycles. The molecule has 4 N–H and O–H groups in total. The lowest BCUT2D eigenvalue weighted by atomic mass is 10.0. The molecule has 0 heterocycles. The van der Waals surface area contributed by atoms with Crippen LogP contribution in [-0.2, 0) is 6.42 Å². The minimum absolute atomic E-state index is 0.0493. The van der Waals surface area contributed by atoms with Gasteiger partial charge in [-0.05, 0) is 17.7 Å². The van der Waals surface area contributed by atoms with E-state index in [9.17, 15) is 5.11 Å². The van der Waals surface area contributed by atoms with Gasteiger partial charge in [-0.2, -0.15) is 5.26 Å². The van der Waals surface area contributed by atoms with Crippen molar-refractivity contribution in [1.82, 2.24) is 0 Å². The number of nitrogens with two attached hydrogens (primary N) is 1. The van der Waals surface area contributed by atoms with Crippen LogP contribution >= 0.6 is 0 Å². The van der Waals surface area contributed by atoms with E-state index in [0.29, 0.717) is 5.56 Å². The Balaban J connectivity index is 3.03. The molecule has 14 heavy (non-hydrogen) atoms. The molecular weight excluding hydrogens is 180 g/mol. The third-order valence-corrected chi connectivity index (χ3v) is 1.97. The van der Waals surface area contributed by atoms with Gasteiger partial charge >= 0.3 is 0 Å². The fourth-order valence-electron chi connectivity index (χ4n) is 1.20. The number of rotatable bonds is 3. The zero-order valence-corrected chi connectivity index (χ0v) is 7.64. The Morgan fingerprint density at radius 2 is 2.21 bits per heavy atom. The molecule has 0 aliphatic rings. The van der Waals surface area contributed by atoms with Gasteiger partial charge in [0.1, 0.15) is 5.75 Å². The van der Waals surface area contributed by atoms with Gasteiger partial charge in [0.2, 0.25) is 0 Å². The van der Waals surface area contributed by atoms with Crippen molar-refractivity contribution in [3.63, 3.8) is 0 Å². The average molecular weight is 192 g/mol. The number of nitrogens with zero attached hydrogens (tertiary/aromatic N) is 1. The molecular formula is C10H12N2O2. The lowest BCUT2D eigenvalue weighted by molar-refractivity contribution is 0.265. The Morgan fingerprint density at radius 3 is 2.79 bits per heavy atom. The van der Waals surface area contributed by atoms with Crippen molar-refractivity contribution < 1.29 is 10.2 Å². The maximum absolute atomic E-state index is 9.43. The van der Waals surface area contributed by atoms with Crippen molar-refractivity contribution in [1.29, 1.82) is 5.26 Å². The molecule has 0 aliphatic carbocycles. The van der Waals surface area contributed by atoms with Crippen LogP contribution in [0.1, 0.15) is 17.2 Å². The van der Waals surface area contributed by atoms with Gasteiger partial charge < -0.3 is 15.9 Å². The van der Waals surface area contributed by atoms with Gasteiger partial charge in [-0.25, -0.2) is 0 Å². The molecule has 0 radical (unpaired) electrons. The Morgan fingerprint density at radius 1 is 1.50 bits per heavy atom. The number of aliphatic hydroxyl groups excluding tert-OH is 1. The highest BCUT2D eigenvalue weighted by molar-refractivity contribution is 5.39. The van der Waals surface area contributed by atoms with Crippen LogP contribution in [0, 0.1) is 11.3 Å². The fourth-order valence-corrected chi connectivity index (χ4v) is 1.20. The van der Waals surface area contributed by atoms with E-state index in [2.05, 4.69) is 0 Å². The summed E-state index contributed by atoms with van der Waals surface area (Å²) in [6.45, 7) is -0.233. The Kier molecular flexibility index (Phi) is 3.46. The summed E-state index contributed by atoms with van der Waals surface area (Å²) in [6.07, 6.45) is 0.269. The number of hydrogen-bond donors (Lipinski definition) is 3. The molecule has 0 saturated carbocycles. The number of aromatic hydroxyl groups is 1. The summed E-state index contributed by atoms with van der Waals surface area (Å²) in [7, 11) is 0. The molecule has 0 unspecified atom stereocenters. The highest BCUT2D eigenvalue weighted by Gasteiger charge is 2.10. The van der Waals surface area contributed by atoms with Crippen LogP contribution in [0.15, 0.2) is 18.2 Å². The third kappa shape index (κ3) is 2.22. The van der Waals surface area contributed by atoms with E-state index >= 15 is 0 Å². The number of aliphatic hydroxyl groups is 1. The Hall–Kier alpha value is -1.57. The van der Waals surface area contributed by atoms with Gasteiger partial charge in [-0.15, -0.1) is 0 Å². The van der Waals surface area contributed by atoms with Gasteiger partial charge in [0.15, 0.2) is 0 Å². The van der Waals surface area contributed by atoms with Crippen molar-refractivity contribution in [2.24, 2.45) is 5.73 Å². The summed E-state index contributed by atoms with van der Waals surface area (Å²) in [5, 5.41) is 26.7. The summed E-state index contributed by atoms with van der Waals surface area (Å²) in [4.78, 5) is 0. The zero-order valence-electron chi connectivity index (χ0n) is 7.64. The number of hydrogen-bond acceptors (Lipinski definition) is 4. The molecule has 0 bridgehead atoms. The van der Waals surface area contributed by atoms with Crippen LogP contribution in [0.4, 0.5) is 0 Å². The molecule has 1 aromatic carbocycles. The second kappa shape index (κ2) is 4.61. The standard InChI is InChI=1S/C10H12N2O2/c11-4-3-7-1-2-10(14)8(5-7)9(12)6-13/h1-2,5,9,13-14H,3,6,12H2/t9-/m1/s1. The van der Waals surface area contributed by atoms with Crippen molar-refractivity contribution in [3.05, 3.63) is 29.3 Å². The van der Waals surface area contributed by atoms with Gasteiger partial charge in [0.25, 0.3) is 0 Å². The minimum Gasteiger partial charge on any atom is -0.508 e. The van der Waals surface area contributed by atoms with Gasteiger partial charge in [0, 0.05) is 5.56 Å². The molecule has 1 atom stereocenters. The molecule has 1 aromatic rings. The molecule has 0 aromatic heterocycles. The van der Waals surface area contributed by atoms with E-state index < -0.39 is 6.04 Å². The fraction of sp³-hybridized carbons (Fsp3) is 0.300. The highest BCUT2D eigenvalue weighted by Crippen LogP contribution is 2.23. The average Bonchev–Trinajstić information content (AvgIpc) is 2.20. The topological polar surface area (TPSA) is 90.3 Å². The van der Waals surface area contributed by atoms with E-state index in [1.54, 1.807) is 12.1 Å². The van der Waals surface area contributed by atoms with Gasteiger partial charge in [-0.3, -0.25) is 0 Å². The lowest BCUT2D eigenvalue weighted by Gasteiger charge is -2.11. The van der Waals surface area contributed by atoms with E-state index in [-0.39, 0.29) is 18.8 Å². The molecule has 0 spiro atoms. The SMILES string of the molecule is N#CCc1ccc(O)c([C@H](N)CO)c1. The summed E-state index contributed by atoms with van der Waals surface area (Å²) in [6, 6.07) is 6.18. The molecule has 74 valence electrons. The lowest BCUT2D eigenvalue weighted by Crippen LogP contribution is -2.14. The second-order valence-corrected chi connectivity index (χ2v) is 3.02. The van der Waals surface area contributed by atoms with Crippen molar-refractivity contribution in [2.75, 3.05) is 6.61 Å². The summed E-state index contributed by atoms with van der Waals surface area (Å²) < 4.78 is 0. The van der Waals surface area contributed by atoms with E-state index in [0.717, 1.165) is 5.56 Å². The smallest absolute Gasteiger partial charge is 0.120 e. The zero-order chi connectivity index (χ0) is 10.6. The highest BCUT2D eigenvalue weighted by atomic mass is 16.3. The second-order valence-electron chi connectivity index (χ2n) is 3.02. The molecule has 4 heteroatoms. The first-order valence-corrected chi connectivity index (χ1v) is 4.24. The maximum atomic E-state index is 9.43. The molecule has 4 nitrogen and oxygen atoms in total. The van der Waals surface area contributed by atoms with Crippen molar-refractivity contribution in [3.8, 4) is 11.8 Å². The maximum Gasteiger partial charge on any atom is 0.120 e.